The number of nitrogens with zero attached hydrogens (tertiary/aromatic N) is 3. The van der Waals surface area contributed by atoms with Crippen molar-refractivity contribution in [1.82, 2.24) is 4.57 Å². The van der Waals surface area contributed by atoms with Gasteiger partial charge in [-0.05, 0) is 32.1 Å². The summed E-state index contributed by atoms with van der Waals surface area (Å²) in [7, 11) is 0. The van der Waals surface area contributed by atoms with Crippen molar-refractivity contribution in [1.29, 1.82) is 0 Å². The van der Waals surface area contributed by atoms with E-state index >= 15 is 0 Å². The number of carbonyl (C=O) groups excluding carboxylic acids is 1. The SMILES string of the molecule is CCOC(=O)C1=C(C)N=c2sc(=Cc3ccccc3F)c(=O)n2C1c1ccccc1[N+](=O)[O-]. The van der Waals surface area contributed by atoms with Gasteiger partial charge in [-0.15, -0.1) is 0 Å². The highest BCUT2D eigenvalue weighted by Crippen LogP contribution is 2.35. The van der Waals surface area contributed by atoms with Crippen LogP contribution in [0.2, 0.25) is 0 Å². The molecule has 1 aromatic heterocycles. The van der Waals surface area contributed by atoms with Crippen LogP contribution in [-0.2, 0) is 9.53 Å². The lowest BCUT2D eigenvalue weighted by Crippen LogP contribution is -2.40. The molecular formula is C23H18FN3O5S. The zero-order valence-electron chi connectivity index (χ0n) is 17.6. The fourth-order valence-electron chi connectivity index (χ4n) is 3.70. The lowest BCUT2D eigenvalue weighted by Gasteiger charge is -2.24. The number of allylic oxidation sites excluding steroid dienone is 1. The van der Waals surface area contributed by atoms with Crippen molar-refractivity contribution in [3.63, 3.8) is 0 Å². The first-order valence-electron chi connectivity index (χ1n) is 10.0. The van der Waals surface area contributed by atoms with E-state index in [-0.39, 0.29) is 44.0 Å². The predicted octanol–water partition coefficient (Wildman–Crippen LogP) is 2.85. The molecule has 0 spiro atoms. The Balaban J connectivity index is 2.04. The molecule has 10 heteroatoms. The third kappa shape index (κ3) is 4.00. The fourth-order valence-corrected chi connectivity index (χ4v) is 4.74. The molecule has 2 heterocycles. The summed E-state index contributed by atoms with van der Waals surface area (Å²) in [4.78, 5) is 42.1. The number of nitro benzene ring substituents is 1. The quantitative estimate of drug-likeness (QED) is 0.326. The third-order valence-corrected chi connectivity index (χ3v) is 6.12. The van der Waals surface area contributed by atoms with Crippen LogP contribution in [0.1, 0.15) is 31.0 Å². The van der Waals surface area contributed by atoms with Gasteiger partial charge in [0.1, 0.15) is 11.9 Å². The lowest BCUT2D eigenvalue weighted by atomic mass is 9.94. The molecule has 3 aromatic rings. The van der Waals surface area contributed by atoms with Gasteiger partial charge in [-0.2, -0.15) is 0 Å². The highest BCUT2D eigenvalue weighted by Gasteiger charge is 2.36. The fraction of sp³-hybridized carbons (Fsp3) is 0.174. The average molecular weight is 467 g/mol. The van der Waals surface area contributed by atoms with Crippen molar-refractivity contribution in [3.05, 3.63) is 107 Å². The minimum Gasteiger partial charge on any atom is -0.463 e. The van der Waals surface area contributed by atoms with Crippen LogP contribution in [0.3, 0.4) is 0 Å². The first kappa shape index (κ1) is 22.3. The molecule has 4 rings (SSSR count). The Morgan fingerprint density at radius 3 is 2.67 bits per heavy atom. The zero-order valence-corrected chi connectivity index (χ0v) is 18.5. The number of ether oxygens (including phenoxy) is 1. The Morgan fingerprint density at radius 1 is 1.27 bits per heavy atom. The minimum absolute atomic E-state index is 0.0380. The molecule has 1 unspecified atom stereocenters. The summed E-state index contributed by atoms with van der Waals surface area (Å²) >= 11 is 1.01. The molecule has 0 aliphatic carbocycles. The van der Waals surface area contributed by atoms with E-state index < -0.39 is 28.3 Å². The predicted molar refractivity (Wildman–Crippen MR) is 120 cm³/mol. The van der Waals surface area contributed by atoms with E-state index in [1.54, 1.807) is 26.0 Å². The number of hydrogen-bond donors (Lipinski definition) is 0. The summed E-state index contributed by atoms with van der Waals surface area (Å²) in [5, 5.41) is 11.7. The van der Waals surface area contributed by atoms with Gasteiger partial charge in [-0.25, -0.2) is 14.2 Å². The van der Waals surface area contributed by atoms with E-state index in [1.807, 2.05) is 0 Å². The van der Waals surface area contributed by atoms with Crippen LogP contribution in [0.4, 0.5) is 10.1 Å². The number of carbonyl (C=O) groups is 1. The Bertz CT molecular complexity index is 1490. The van der Waals surface area contributed by atoms with E-state index in [9.17, 15) is 24.1 Å². The largest absolute Gasteiger partial charge is 0.463 e. The summed E-state index contributed by atoms with van der Waals surface area (Å²) in [5.74, 6) is -1.22. The van der Waals surface area contributed by atoms with Crippen LogP contribution in [0.15, 0.2) is 69.6 Å². The molecule has 0 fully saturated rings. The number of aromatic nitrogens is 1. The Morgan fingerprint density at radius 2 is 1.97 bits per heavy atom. The van der Waals surface area contributed by atoms with Crippen LogP contribution < -0.4 is 14.9 Å². The molecule has 0 N–H and O–H groups in total. The van der Waals surface area contributed by atoms with Gasteiger partial charge in [0, 0.05) is 11.6 Å². The summed E-state index contributed by atoms with van der Waals surface area (Å²) in [5.41, 5.74) is -0.0989. The van der Waals surface area contributed by atoms with E-state index in [0.29, 0.717) is 0 Å². The number of para-hydroxylation sites is 1. The molecule has 8 nitrogen and oxygen atoms in total. The van der Waals surface area contributed by atoms with Crippen molar-refractivity contribution in [3.8, 4) is 0 Å². The minimum atomic E-state index is -1.12. The monoisotopic (exact) mass is 467 g/mol. The highest BCUT2D eigenvalue weighted by atomic mass is 32.1. The number of hydrogen-bond acceptors (Lipinski definition) is 7. The molecule has 33 heavy (non-hydrogen) atoms. The smallest absolute Gasteiger partial charge is 0.338 e. The van der Waals surface area contributed by atoms with Gasteiger partial charge < -0.3 is 4.74 Å². The van der Waals surface area contributed by atoms with E-state index in [0.717, 1.165) is 11.3 Å². The number of nitro groups is 1. The molecule has 0 saturated carbocycles. The van der Waals surface area contributed by atoms with Crippen molar-refractivity contribution in [2.45, 2.75) is 19.9 Å². The summed E-state index contributed by atoms with van der Waals surface area (Å²) in [6, 6.07) is 10.8. The second-order valence-electron chi connectivity index (χ2n) is 7.14. The summed E-state index contributed by atoms with van der Waals surface area (Å²) in [6.45, 7) is 3.30. The molecular weight excluding hydrogens is 449 g/mol. The van der Waals surface area contributed by atoms with Crippen molar-refractivity contribution < 1.29 is 18.8 Å². The van der Waals surface area contributed by atoms with Gasteiger partial charge in [0.25, 0.3) is 11.2 Å². The first-order valence-corrected chi connectivity index (χ1v) is 10.8. The zero-order chi connectivity index (χ0) is 23.7. The molecule has 0 bridgehead atoms. The summed E-state index contributed by atoms with van der Waals surface area (Å²) in [6.07, 6.45) is 1.40. The van der Waals surface area contributed by atoms with Crippen molar-refractivity contribution >= 4 is 29.1 Å². The number of rotatable bonds is 5. The first-order chi connectivity index (χ1) is 15.8. The number of benzene rings is 2. The molecule has 1 aliphatic heterocycles. The van der Waals surface area contributed by atoms with Gasteiger partial charge in [-0.3, -0.25) is 19.5 Å². The Labute approximate surface area is 190 Å². The molecule has 1 atom stereocenters. The van der Waals surface area contributed by atoms with E-state index in [2.05, 4.69) is 4.99 Å². The second-order valence-corrected chi connectivity index (χ2v) is 8.15. The third-order valence-electron chi connectivity index (χ3n) is 5.14. The van der Waals surface area contributed by atoms with Gasteiger partial charge in [-0.1, -0.05) is 41.7 Å². The normalized spacial score (nSPS) is 15.7. The maximum absolute atomic E-state index is 14.2. The van der Waals surface area contributed by atoms with Crippen molar-refractivity contribution in [2.75, 3.05) is 6.61 Å². The van der Waals surface area contributed by atoms with E-state index in [4.69, 9.17) is 4.74 Å². The number of fused-ring (bicyclic) bond motifs is 1. The van der Waals surface area contributed by atoms with Gasteiger partial charge in [0.15, 0.2) is 4.80 Å². The second kappa shape index (κ2) is 8.91. The van der Waals surface area contributed by atoms with Crippen LogP contribution in [0, 0.1) is 15.9 Å². The molecule has 0 amide bonds. The maximum atomic E-state index is 14.2. The Hall–Kier alpha value is -3.92. The number of esters is 1. The van der Waals surface area contributed by atoms with Crippen LogP contribution in [0.5, 0.6) is 0 Å². The van der Waals surface area contributed by atoms with Gasteiger partial charge in [0.2, 0.25) is 0 Å². The molecule has 1 aliphatic rings. The molecule has 0 radical (unpaired) electrons. The lowest BCUT2D eigenvalue weighted by molar-refractivity contribution is -0.385. The number of halogens is 1. The molecule has 0 saturated heterocycles. The molecule has 168 valence electrons. The van der Waals surface area contributed by atoms with Crippen LogP contribution in [-0.4, -0.2) is 22.1 Å². The maximum Gasteiger partial charge on any atom is 0.338 e. The van der Waals surface area contributed by atoms with Crippen LogP contribution in [0.25, 0.3) is 6.08 Å². The Kier molecular flexibility index (Phi) is 6.01. The molecule has 2 aromatic carbocycles. The summed E-state index contributed by atoms with van der Waals surface area (Å²) < 4.78 is 20.8. The van der Waals surface area contributed by atoms with Crippen LogP contribution >= 0.6 is 11.3 Å². The topological polar surface area (TPSA) is 104 Å². The average Bonchev–Trinajstić information content (AvgIpc) is 3.09. The van der Waals surface area contributed by atoms with Gasteiger partial charge in [0.05, 0.1) is 32.9 Å². The van der Waals surface area contributed by atoms with Gasteiger partial charge >= 0.3 is 5.97 Å². The standard InChI is InChI=1S/C23H18FN3O5S/c1-3-32-22(29)19-13(2)25-23-26(20(19)15-9-5-7-11-17(15)27(30)31)21(28)18(33-23)12-14-8-4-6-10-16(14)24/h4-12,20H,3H2,1-2H3. The van der Waals surface area contributed by atoms with Crippen molar-refractivity contribution in [2.24, 2.45) is 4.99 Å². The number of thiazole rings is 1. The van der Waals surface area contributed by atoms with E-state index in [1.165, 1.54) is 47.0 Å². The highest BCUT2D eigenvalue weighted by molar-refractivity contribution is 7.07.